The standard InChI is InChI=1S/C13H18N4O2S/c1-4-11-5-7-12(8-6-11)20(18,19)16-10(2)13-15-14-9-17(13)3/h5-10,16H,4H2,1-3H3. The smallest absolute Gasteiger partial charge is 0.241 e. The minimum Gasteiger partial charge on any atom is -0.319 e. The molecule has 1 N–H and O–H groups in total. The van der Waals surface area contributed by atoms with Gasteiger partial charge in [0.05, 0.1) is 10.9 Å². The van der Waals surface area contributed by atoms with Gasteiger partial charge in [0.1, 0.15) is 12.2 Å². The molecule has 0 radical (unpaired) electrons. The zero-order valence-corrected chi connectivity index (χ0v) is 12.6. The van der Waals surface area contributed by atoms with Gasteiger partial charge in [0.2, 0.25) is 10.0 Å². The minimum absolute atomic E-state index is 0.253. The molecule has 1 heterocycles. The average molecular weight is 294 g/mol. The van der Waals surface area contributed by atoms with Crippen LogP contribution in [0.25, 0.3) is 0 Å². The van der Waals surface area contributed by atoms with Crippen LogP contribution in [0.4, 0.5) is 0 Å². The molecule has 1 aromatic carbocycles. The molecule has 0 amide bonds. The molecule has 2 aromatic rings. The second-order valence-electron chi connectivity index (χ2n) is 4.64. The van der Waals surface area contributed by atoms with E-state index in [-0.39, 0.29) is 4.90 Å². The van der Waals surface area contributed by atoms with E-state index in [1.807, 2.05) is 19.1 Å². The van der Waals surface area contributed by atoms with Gasteiger partial charge >= 0.3 is 0 Å². The SMILES string of the molecule is CCc1ccc(S(=O)(=O)NC(C)c2nncn2C)cc1. The van der Waals surface area contributed by atoms with Crippen molar-refractivity contribution in [3.8, 4) is 0 Å². The molecule has 1 atom stereocenters. The summed E-state index contributed by atoms with van der Waals surface area (Å²) < 4.78 is 28.9. The zero-order valence-electron chi connectivity index (χ0n) is 11.7. The van der Waals surface area contributed by atoms with Crippen molar-refractivity contribution in [1.82, 2.24) is 19.5 Å². The Morgan fingerprint density at radius 3 is 2.45 bits per heavy atom. The lowest BCUT2D eigenvalue weighted by atomic mass is 10.2. The third-order valence-corrected chi connectivity index (χ3v) is 4.66. The number of aryl methyl sites for hydroxylation is 2. The Balaban J connectivity index is 2.20. The fraction of sp³-hybridized carbons (Fsp3) is 0.385. The van der Waals surface area contributed by atoms with Gasteiger partial charge in [-0.2, -0.15) is 0 Å². The minimum atomic E-state index is -3.56. The monoisotopic (exact) mass is 294 g/mol. The van der Waals surface area contributed by atoms with Crippen LogP contribution in [0.1, 0.15) is 31.3 Å². The van der Waals surface area contributed by atoms with E-state index in [1.165, 1.54) is 6.33 Å². The topological polar surface area (TPSA) is 76.9 Å². The van der Waals surface area contributed by atoms with Crippen LogP contribution in [0.5, 0.6) is 0 Å². The Labute approximate surface area is 118 Å². The first-order valence-electron chi connectivity index (χ1n) is 6.39. The molecule has 0 bridgehead atoms. The lowest BCUT2D eigenvalue weighted by Gasteiger charge is -2.13. The Kier molecular flexibility index (Phi) is 4.20. The Hall–Kier alpha value is -1.73. The first-order chi connectivity index (χ1) is 9.44. The molecular weight excluding hydrogens is 276 g/mol. The maximum absolute atomic E-state index is 12.3. The first kappa shape index (κ1) is 14.7. The summed E-state index contributed by atoms with van der Waals surface area (Å²) in [5, 5.41) is 7.65. The van der Waals surface area contributed by atoms with E-state index in [2.05, 4.69) is 14.9 Å². The largest absolute Gasteiger partial charge is 0.319 e. The predicted molar refractivity (Wildman–Crippen MR) is 75.6 cm³/mol. The fourth-order valence-electron chi connectivity index (χ4n) is 1.94. The third kappa shape index (κ3) is 3.05. The van der Waals surface area contributed by atoms with Crippen LogP contribution in [0.3, 0.4) is 0 Å². The Bertz CT molecular complexity index is 677. The number of hydrogen-bond acceptors (Lipinski definition) is 4. The number of nitrogens with zero attached hydrogens (tertiary/aromatic N) is 3. The van der Waals surface area contributed by atoms with Gasteiger partial charge in [0.25, 0.3) is 0 Å². The third-order valence-electron chi connectivity index (χ3n) is 3.11. The van der Waals surface area contributed by atoms with E-state index in [9.17, 15) is 8.42 Å². The Morgan fingerprint density at radius 1 is 1.30 bits per heavy atom. The van der Waals surface area contributed by atoms with E-state index in [4.69, 9.17) is 0 Å². The first-order valence-corrected chi connectivity index (χ1v) is 7.87. The molecule has 0 saturated carbocycles. The maximum Gasteiger partial charge on any atom is 0.241 e. The summed E-state index contributed by atoms with van der Waals surface area (Å²) in [5.74, 6) is 0.568. The van der Waals surface area contributed by atoms with Crippen molar-refractivity contribution in [2.45, 2.75) is 31.2 Å². The zero-order chi connectivity index (χ0) is 14.8. The van der Waals surface area contributed by atoms with Crippen molar-refractivity contribution >= 4 is 10.0 Å². The van der Waals surface area contributed by atoms with Gasteiger partial charge in [0.15, 0.2) is 0 Å². The molecule has 20 heavy (non-hydrogen) atoms. The van der Waals surface area contributed by atoms with Gasteiger partial charge in [-0.05, 0) is 31.0 Å². The van der Waals surface area contributed by atoms with E-state index < -0.39 is 16.1 Å². The van der Waals surface area contributed by atoms with Gasteiger partial charge in [-0.1, -0.05) is 19.1 Å². The van der Waals surface area contributed by atoms with Gasteiger partial charge < -0.3 is 4.57 Å². The van der Waals surface area contributed by atoms with E-state index in [1.54, 1.807) is 30.7 Å². The molecule has 0 spiro atoms. The van der Waals surface area contributed by atoms with Gasteiger partial charge in [-0.15, -0.1) is 10.2 Å². The van der Waals surface area contributed by atoms with Gasteiger partial charge in [-0.3, -0.25) is 0 Å². The normalized spacial score (nSPS) is 13.3. The summed E-state index contributed by atoms with van der Waals surface area (Å²) in [7, 11) is -1.78. The van der Waals surface area contributed by atoms with E-state index >= 15 is 0 Å². The van der Waals surface area contributed by atoms with Crippen molar-refractivity contribution in [3.05, 3.63) is 42.0 Å². The van der Waals surface area contributed by atoms with Crippen LogP contribution >= 0.6 is 0 Å². The summed E-state index contributed by atoms with van der Waals surface area (Å²) in [6, 6.07) is 6.43. The van der Waals surface area contributed by atoms with E-state index in [0.717, 1.165) is 12.0 Å². The Morgan fingerprint density at radius 2 is 1.95 bits per heavy atom. The number of hydrogen-bond donors (Lipinski definition) is 1. The highest BCUT2D eigenvalue weighted by atomic mass is 32.2. The quantitative estimate of drug-likeness (QED) is 0.904. The lowest BCUT2D eigenvalue weighted by molar-refractivity contribution is 0.553. The average Bonchev–Trinajstić information content (AvgIpc) is 2.84. The molecule has 0 fully saturated rings. The number of rotatable bonds is 5. The van der Waals surface area contributed by atoms with Gasteiger partial charge in [0, 0.05) is 7.05 Å². The van der Waals surface area contributed by atoms with Crippen LogP contribution in [-0.2, 0) is 23.5 Å². The fourth-order valence-corrected chi connectivity index (χ4v) is 3.14. The van der Waals surface area contributed by atoms with E-state index in [0.29, 0.717) is 5.82 Å². The number of benzene rings is 1. The molecular formula is C13H18N4O2S. The molecule has 0 saturated heterocycles. The highest BCUT2D eigenvalue weighted by Crippen LogP contribution is 2.15. The summed E-state index contributed by atoms with van der Waals surface area (Å²) in [4.78, 5) is 0.253. The number of aromatic nitrogens is 3. The molecule has 7 heteroatoms. The highest BCUT2D eigenvalue weighted by molar-refractivity contribution is 7.89. The molecule has 0 aliphatic rings. The molecule has 0 aliphatic carbocycles. The molecule has 1 aromatic heterocycles. The summed E-state index contributed by atoms with van der Waals surface area (Å²) in [6.07, 6.45) is 2.42. The van der Waals surface area contributed by atoms with Crippen LogP contribution in [0.15, 0.2) is 35.5 Å². The summed E-state index contributed by atoms with van der Waals surface area (Å²) >= 11 is 0. The second-order valence-corrected chi connectivity index (χ2v) is 6.35. The highest BCUT2D eigenvalue weighted by Gasteiger charge is 2.20. The number of sulfonamides is 1. The van der Waals surface area contributed by atoms with Crippen molar-refractivity contribution < 1.29 is 8.42 Å². The van der Waals surface area contributed by atoms with Crippen molar-refractivity contribution in [2.75, 3.05) is 0 Å². The number of nitrogens with one attached hydrogen (secondary N) is 1. The molecule has 6 nitrogen and oxygen atoms in total. The van der Waals surface area contributed by atoms with Crippen LogP contribution < -0.4 is 4.72 Å². The summed E-state index contributed by atoms with van der Waals surface area (Å²) in [5.41, 5.74) is 1.10. The van der Waals surface area contributed by atoms with Crippen LogP contribution in [-0.4, -0.2) is 23.2 Å². The second kappa shape index (κ2) is 5.72. The van der Waals surface area contributed by atoms with Gasteiger partial charge in [-0.25, -0.2) is 13.1 Å². The van der Waals surface area contributed by atoms with Crippen molar-refractivity contribution in [3.63, 3.8) is 0 Å². The lowest BCUT2D eigenvalue weighted by Crippen LogP contribution is -2.28. The molecule has 108 valence electrons. The molecule has 1 unspecified atom stereocenters. The maximum atomic E-state index is 12.3. The van der Waals surface area contributed by atoms with Crippen molar-refractivity contribution in [2.24, 2.45) is 7.05 Å². The predicted octanol–water partition coefficient (Wildman–Crippen LogP) is 1.42. The molecule has 2 rings (SSSR count). The molecule has 0 aliphatic heterocycles. The van der Waals surface area contributed by atoms with Crippen molar-refractivity contribution in [1.29, 1.82) is 0 Å². The van der Waals surface area contributed by atoms with Crippen LogP contribution in [0, 0.1) is 0 Å². The van der Waals surface area contributed by atoms with Crippen LogP contribution in [0.2, 0.25) is 0 Å². The summed E-state index contributed by atoms with van der Waals surface area (Å²) in [6.45, 7) is 3.76.